The lowest BCUT2D eigenvalue weighted by molar-refractivity contribution is -0.115. The molecule has 0 bridgehead atoms. The van der Waals surface area contributed by atoms with Gasteiger partial charge in [-0.3, -0.25) is 19.7 Å². The van der Waals surface area contributed by atoms with E-state index in [2.05, 4.69) is 26.1 Å². The Morgan fingerprint density at radius 2 is 1.70 bits per heavy atom. The molecule has 0 spiro atoms. The Hall–Kier alpha value is -3.70. The van der Waals surface area contributed by atoms with E-state index >= 15 is 0 Å². The molecular weight excluding hydrogens is 589 g/mol. The number of thioether (sulfide) groups is 1. The molecule has 12 heteroatoms. The first kappa shape index (κ1) is 29.3. The molecule has 0 saturated carbocycles. The molecule has 40 heavy (non-hydrogen) atoms. The highest BCUT2D eigenvalue weighted by molar-refractivity contribution is 8.00. The molecule has 0 fully saturated rings. The van der Waals surface area contributed by atoms with E-state index in [0.717, 1.165) is 9.90 Å². The third kappa shape index (κ3) is 7.92. The number of halogens is 2. The van der Waals surface area contributed by atoms with E-state index in [1.165, 1.54) is 29.2 Å². The van der Waals surface area contributed by atoms with E-state index in [1.54, 1.807) is 73.7 Å². The summed E-state index contributed by atoms with van der Waals surface area (Å²) in [6.07, 6.45) is 1.46. The van der Waals surface area contributed by atoms with Crippen molar-refractivity contribution in [3.05, 3.63) is 105 Å². The fourth-order valence-electron chi connectivity index (χ4n) is 3.39. The zero-order chi connectivity index (χ0) is 28.6. The molecule has 1 atom stereocenters. The lowest BCUT2D eigenvalue weighted by Gasteiger charge is -2.14. The maximum atomic E-state index is 13.4. The van der Waals surface area contributed by atoms with Crippen molar-refractivity contribution in [2.45, 2.75) is 24.0 Å². The maximum Gasteiger partial charge on any atom is 0.272 e. The molecule has 204 valence electrons. The van der Waals surface area contributed by atoms with Crippen LogP contribution < -0.4 is 16.0 Å². The third-order valence-corrected chi connectivity index (χ3v) is 8.02. The second-order valence-electron chi connectivity index (χ2n) is 8.38. The van der Waals surface area contributed by atoms with Crippen LogP contribution in [-0.2, 0) is 9.59 Å². The molecule has 1 heterocycles. The Kier molecular flexibility index (Phi) is 9.94. The normalized spacial score (nSPS) is 11.9. The lowest BCUT2D eigenvalue weighted by Crippen LogP contribution is -2.30. The van der Waals surface area contributed by atoms with Gasteiger partial charge >= 0.3 is 0 Å². The van der Waals surface area contributed by atoms with Crippen LogP contribution in [0.3, 0.4) is 0 Å². The minimum atomic E-state index is -0.570. The first-order valence-electron chi connectivity index (χ1n) is 11.9. The van der Waals surface area contributed by atoms with Crippen LogP contribution in [0.15, 0.2) is 83.4 Å². The van der Waals surface area contributed by atoms with Crippen LogP contribution in [0.2, 0.25) is 10.0 Å². The van der Waals surface area contributed by atoms with Crippen molar-refractivity contribution in [1.29, 1.82) is 0 Å². The number of rotatable bonds is 9. The lowest BCUT2D eigenvalue weighted by atomic mass is 10.1. The molecule has 8 nitrogen and oxygen atoms in total. The summed E-state index contributed by atoms with van der Waals surface area (Å²) in [5.74, 6) is -1.25. The molecule has 0 aliphatic rings. The Bertz CT molecular complexity index is 1580. The minimum Gasteiger partial charge on any atom is -0.321 e. The number of hydrogen-bond acceptors (Lipinski definition) is 7. The molecule has 1 unspecified atom stereocenters. The number of nitrogens with one attached hydrogen (secondary N) is 3. The number of benzene rings is 3. The van der Waals surface area contributed by atoms with Crippen molar-refractivity contribution < 1.29 is 14.4 Å². The van der Waals surface area contributed by atoms with Gasteiger partial charge in [0.1, 0.15) is 10.7 Å². The largest absolute Gasteiger partial charge is 0.321 e. The highest BCUT2D eigenvalue weighted by Crippen LogP contribution is 2.29. The summed E-state index contributed by atoms with van der Waals surface area (Å²) < 4.78 is 0. The standard InChI is InChI=1S/C28H23Cl2N5O3S2/c1-16(25(36)33-28-35-34-17(2)40-28)39-21-12-7-11-20(15-21)31-27(38)23(14-19-10-6-13-22(29)24(19)30)32-26(37)18-8-4-3-5-9-18/h3-16H,1-2H3,(H,31,38)(H,32,37)(H,33,35,36)/b23-14+. The van der Waals surface area contributed by atoms with Crippen molar-refractivity contribution in [3.8, 4) is 0 Å². The topological polar surface area (TPSA) is 113 Å². The van der Waals surface area contributed by atoms with Gasteiger partial charge < -0.3 is 10.6 Å². The average Bonchev–Trinajstić information content (AvgIpc) is 3.35. The summed E-state index contributed by atoms with van der Waals surface area (Å²) >= 11 is 15.1. The molecule has 4 aromatic rings. The predicted octanol–water partition coefficient (Wildman–Crippen LogP) is 6.68. The van der Waals surface area contributed by atoms with E-state index in [9.17, 15) is 14.4 Å². The van der Waals surface area contributed by atoms with E-state index in [4.69, 9.17) is 23.2 Å². The van der Waals surface area contributed by atoms with Gasteiger partial charge in [0.25, 0.3) is 11.8 Å². The summed E-state index contributed by atoms with van der Waals surface area (Å²) in [5.41, 5.74) is 1.28. The third-order valence-electron chi connectivity index (χ3n) is 5.34. The number of nitrogens with zero attached hydrogens (tertiary/aromatic N) is 2. The van der Waals surface area contributed by atoms with Crippen LogP contribution in [0, 0.1) is 6.92 Å². The van der Waals surface area contributed by atoms with Crippen LogP contribution >= 0.6 is 46.3 Å². The van der Waals surface area contributed by atoms with Crippen LogP contribution in [-0.4, -0.2) is 33.2 Å². The zero-order valence-corrected chi connectivity index (χ0v) is 24.4. The zero-order valence-electron chi connectivity index (χ0n) is 21.3. The second-order valence-corrected chi connectivity index (χ2v) is 11.8. The summed E-state index contributed by atoms with van der Waals surface area (Å²) in [5, 5.41) is 17.4. The van der Waals surface area contributed by atoms with Gasteiger partial charge in [0.15, 0.2) is 0 Å². The van der Waals surface area contributed by atoms with Gasteiger partial charge in [0, 0.05) is 16.1 Å². The number of aromatic nitrogens is 2. The second kappa shape index (κ2) is 13.6. The molecule has 0 aliphatic heterocycles. The number of anilines is 2. The van der Waals surface area contributed by atoms with Crippen LogP contribution in [0.5, 0.6) is 0 Å². The fraction of sp³-hybridized carbons (Fsp3) is 0.107. The van der Waals surface area contributed by atoms with Crippen molar-refractivity contribution in [3.63, 3.8) is 0 Å². The Balaban J connectivity index is 1.51. The van der Waals surface area contributed by atoms with Crippen molar-refractivity contribution in [2.24, 2.45) is 0 Å². The average molecular weight is 613 g/mol. The number of hydrogen-bond donors (Lipinski definition) is 3. The number of amides is 3. The van der Waals surface area contributed by atoms with E-state index in [-0.39, 0.29) is 16.6 Å². The number of carbonyl (C=O) groups excluding carboxylic acids is 3. The van der Waals surface area contributed by atoms with Gasteiger partial charge in [0.2, 0.25) is 11.0 Å². The highest BCUT2D eigenvalue weighted by Gasteiger charge is 2.19. The van der Waals surface area contributed by atoms with Crippen molar-refractivity contribution >= 4 is 80.9 Å². The summed E-state index contributed by atoms with van der Waals surface area (Å²) in [4.78, 5) is 39.6. The van der Waals surface area contributed by atoms with E-state index in [1.807, 2.05) is 13.0 Å². The van der Waals surface area contributed by atoms with Gasteiger partial charge in [0.05, 0.1) is 15.3 Å². The van der Waals surface area contributed by atoms with Gasteiger partial charge in [-0.2, -0.15) is 0 Å². The molecule has 3 N–H and O–H groups in total. The predicted molar refractivity (Wildman–Crippen MR) is 162 cm³/mol. The number of carbonyl (C=O) groups is 3. The molecule has 0 aliphatic carbocycles. The van der Waals surface area contributed by atoms with Crippen LogP contribution in [0.1, 0.15) is 27.9 Å². The first-order chi connectivity index (χ1) is 19.2. The SMILES string of the molecule is Cc1nnc(NC(=O)C(C)Sc2cccc(NC(=O)/C(=C\c3cccc(Cl)c3Cl)NC(=O)c3ccccc3)c2)s1. The molecule has 4 rings (SSSR count). The van der Waals surface area contributed by atoms with Gasteiger partial charge in [-0.1, -0.05) is 70.9 Å². The quantitative estimate of drug-likeness (QED) is 0.144. The highest BCUT2D eigenvalue weighted by atomic mass is 35.5. The van der Waals surface area contributed by atoms with Crippen molar-refractivity contribution in [2.75, 3.05) is 10.6 Å². The van der Waals surface area contributed by atoms with Gasteiger partial charge in [-0.25, -0.2) is 0 Å². The Morgan fingerprint density at radius 3 is 2.42 bits per heavy atom. The molecule has 3 aromatic carbocycles. The molecule has 0 saturated heterocycles. The summed E-state index contributed by atoms with van der Waals surface area (Å²) in [6, 6.07) is 20.6. The van der Waals surface area contributed by atoms with Crippen LogP contribution in [0.25, 0.3) is 6.08 Å². The monoisotopic (exact) mass is 611 g/mol. The van der Waals surface area contributed by atoms with E-state index < -0.39 is 17.1 Å². The summed E-state index contributed by atoms with van der Waals surface area (Å²) in [6.45, 7) is 3.58. The summed E-state index contributed by atoms with van der Waals surface area (Å²) in [7, 11) is 0. The minimum absolute atomic E-state index is 0.0313. The molecular formula is C28H23Cl2N5O3S2. The smallest absolute Gasteiger partial charge is 0.272 e. The van der Waals surface area contributed by atoms with Gasteiger partial charge in [-0.05, 0) is 61.9 Å². The first-order valence-corrected chi connectivity index (χ1v) is 14.4. The van der Waals surface area contributed by atoms with Gasteiger partial charge in [-0.15, -0.1) is 22.0 Å². The number of aryl methyl sites for hydroxylation is 1. The molecule has 0 radical (unpaired) electrons. The molecule has 1 aromatic heterocycles. The maximum absolute atomic E-state index is 13.4. The Morgan fingerprint density at radius 1 is 0.950 bits per heavy atom. The fourth-order valence-corrected chi connectivity index (χ4v) is 5.27. The van der Waals surface area contributed by atoms with E-state index in [0.29, 0.717) is 27.0 Å². The van der Waals surface area contributed by atoms with Crippen LogP contribution in [0.4, 0.5) is 10.8 Å². The molecule has 3 amide bonds. The Labute approximate surface area is 249 Å². The van der Waals surface area contributed by atoms with Crippen molar-refractivity contribution in [1.82, 2.24) is 15.5 Å².